The monoisotopic (exact) mass is 1340 g/mol. The van der Waals surface area contributed by atoms with Crippen LogP contribution >= 0.6 is 0 Å². The third-order valence-electron chi connectivity index (χ3n) is 20.2. The zero-order valence-electron chi connectivity index (χ0n) is 56.6. The fourth-order valence-corrected chi connectivity index (χ4v) is 13.5. The molecule has 2 aromatic carbocycles. The highest BCUT2D eigenvalue weighted by Gasteiger charge is 2.55. The van der Waals surface area contributed by atoms with Gasteiger partial charge in [-0.3, -0.25) is 43.3 Å². The number of alkyl halides is 1. The van der Waals surface area contributed by atoms with Crippen molar-refractivity contribution >= 4 is 70.4 Å². The summed E-state index contributed by atoms with van der Waals surface area (Å²) in [7, 11) is 3.89. The van der Waals surface area contributed by atoms with Crippen LogP contribution in [-0.4, -0.2) is 206 Å². The van der Waals surface area contributed by atoms with E-state index in [9.17, 15) is 47.5 Å². The second kappa shape index (κ2) is 32.1. The molecule has 2 saturated heterocycles. The number of alkyl carbamates (subject to hydrolysis) is 1. The Morgan fingerprint density at radius 2 is 1.20 bits per heavy atom. The summed E-state index contributed by atoms with van der Waals surface area (Å²) in [5, 5.41) is 19.0. The summed E-state index contributed by atoms with van der Waals surface area (Å²) in [5.41, 5.74) is 4.04. The number of hydrogen-bond acceptors (Lipinski definition) is 15. The van der Waals surface area contributed by atoms with Crippen LogP contribution in [0.2, 0.25) is 0 Å². The predicted molar refractivity (Wildman–Crippen MR) is 354 cm³/mol. The number of anilines is 2. The number of hydrogen-bond donors (Lipinski definition) is 8. The number of aliphatic imine (C=N–C) groups is 1. The third-order valence-corrected chi connectivity index (χ3v) is 20.2. The second-order valence-electron chi connectivity index (χ2n) is 27.8. The number of piperazine rings is 2. The van der Waals surface area contributed by atoms with Crippen LogP contribution in [0.4, 0.5) is 29.3 Å². The maximum absolute atomic E-state index is 16.3. The maximum Gasteiger partial charge on any atom is 0.407 e. The van der Waals surface area contributed by atoms with E-state index in [1.165, 1.54) is 43.5 Å². The van der Waals surface area contributed by atoms with Crippen molar-refractivity contribution in [1.82, 2.24) is 46.2 Å². The Kier molecular flexibility index (Phi) is 24.3. The minimum absolute atomic E-state index is 0.00982. The number of nitrogens with zero attached hydrogens (tertiary/aromatic N) is 5. The molecule has 96 heavy (non-hydrogen) atoms. The van der Waals surface area contributed by atoms with Gasteiger partial charge < -0.3 is 72.0 Å². The Balaban J connectivity index is 0.774. The number of amides is 9. The van der Waals surface area contributed by atoms with Gasteiger partial charge in [-0.2, -0.15) is 0 Å². The molecule has 7 aliphatic rings. The molecule has 5 saturated carbocycles. The largest absolute Gasteiger partial charge is 0.449 e. The highest BCUT2D eigenvalue weighted by molar-refractivity contribution is 6.43. The van der Waals surface area contributed by atoms with Crippen LogP contribution in [-0.2, 0) is 47.8 Å². The maximum atomic E-state index is 16.3. The van der Waals surface area contributed by atoms with Crippen molar-refractivity contribution < 1.29 is 65.8 Å². The number of carbonyl (C=O) groups excluding carboxylic acids is 9. The van der Waals surface area contributed by atoms with Crippen LogP contribution in [0.1, 0.15) is 135 Å². The molecule has 9 atom stereocenters. The van der Waals surface area contributed by atoms with Crippen LogP contribution in [0, 0.1) is 47.1 Å². The number of benzene rings is 2. The highest BCUT2D eigenvalue weighted by atomic mass is 19.1. The molecule has 2 aromatic rings. The molecule has 24 nitrogen and oxygen atoms in total. The SMILES string of the molecule is CCN=C(C=CN)C(=O)N[C@H](C(=O)Nc1ccc([C@H](C)[C@@H](NC(=O)COCCCOC(=O)N[C@@H](C)C(=O)N[C@@H](C(=O)N2CCN(C)[C@H](C)C2)[C@@H](C)c2ccc(NC(=O)[C@@H](NC(=O)C3(F)CC3)C(C3CC3)C3CC3)c(F)c2)C(=O)N2CCN(C)C[C@@H]2C)cc1F)C(C1CC1)C1CC1. The van der Waals surface area contributed by atoms with E-state index in [1.807, 2.05) is 27.9 Å². The van der Waals surface area contributed by atoms with Gasteiger partial charge in [-0.05, 0) is 189 Å². The van der Waals surface area contributed by atoms with Gasteiger partial charge in [-0.15, -0.1) is 0 Å². The fourth-order valence-electron chi connectivity index (χ4n) is 13.5. The first-order valence-corrected chi connectivity index (χ1v) is 34.3. The molecule has 7 fully saturated rings. The van der Waals surface area contributed by atoms with Gasteiger partial charge >= 0.3 is 6.09 Å². The lowest BCUT2D eigenvalue weighted by atomic mass is 9.88. The molecule has 2 aliphatic heterocycles. The number of ether oxygens (including phenoxy) is 2. The van der Waals surface area contributed by atoms with Crippen molar-refractivity contribution in [3.63, 3.8) is 0 Å². The Bertz CT molecular complexity index is 3220. The van der Waals surface area contributed by atoms with E-state index in [0.717, 1.165) is 51.4 Å². The molecule has 526 valence electrons. The van der Waals surface area contributed by atoms with Gasteiger partial charge in [-0.1, -0.05) is 26.0 Å². The minimum Gasteiger partial charge on any atom is -0.449 e. The van der Waals surface area contributed by atoms with E-state index in [0.29, 0.717) is 56.9 Å². The highest BCUT2D eigenvalue weighted by Crippen LogP contribution is 2.52. The van der Waals surface area contributed by atoms with Crippen molar-refractivity contribution in [2.45, 2.75) is 172 Å². The lowest BCUT2D eigenvalue weighted by molar-refractivity contribution is -0.141. The van der Waals surface area contributed by atoms with E-state index < -0.39 is 113 Å². The Morgan fingerprint density at radius 3 is 1.69 bits per heavy atom. The van der Waals surface area contributed by atoms with Crippen LogP contribution < -0.4 is 43.0 Å². The summed E-state index contributed by atoms with van der Waals surface area (Å²) >= 11 is 0. The molecule has 9 N–H and O–H groups in total. The molecule has 27 heteroatoms. The van der Waals surface area contributed by atoms with Gasteiger partial charge in [0.2, 0.25) is 35.4 Å². The molecule has 9 rings (SSSR count). The van der Waals surface area contributed by atoms with E-state index in [1.54, 1.807) is 42.7 Å². The van der Waals surface area contributed by atoms with Gasteiger partial charge in [0.1, 0.15) is 54.2 Å². The predicted octanol–water partition coefficient (Wildman–Crippen LogP) is 4.84. The third kappa shape index (κ3) is 18.9. The molecular weight excluding hydrogens is 1240 g/mol. The molecule has 9 amide bonds. The van der Waals surface area contributed by atoms with Gasteiger partial charge in [0, 0.05) is 76.2 Å². The van der Waals surface area contributed by atoms with E-state index in [4.69, 9.17) is 15.2 Å². The Hall–Kier alpha value is -7.65. The summed E-state index contributed by atoms with van der Waals surface area (Å²) in [6, 6.07) is 2.41. The van der Waals surface area contributed by atoms with Crippen molar-refractivity contribution in [2.24, 2.45) is 46.2 Å². The van der Waals surface area contributed by atoms with Crippen molar-refractivity contribution in [1.29, 1.82) is 0 Å². The van der Waals surface area contributed by atoms with Crippen molar-refractivity contribution in [3.05, 3.63) is 71.4 Å². The number of nitrogens with one attached hydrogen (secondary N) is 7. The first kappa shape index (κ1) is 72.6. The Labute approximate surface area is 560 Å². The average Bonchev–Trinajstić information content (AvgIpc) is 1.78. The van der Waals surface area contributed by atoms with Gasteiger partial charge in [-0.25, -0.2) is 18.0 Å². The second-order valence-corrected chi connectivity index (χ2v) is 27.8. The number of carbonyl (C=O) groups is 9. The molecule has 2 heterocycles. The van der Waals surface area contributed by atoms with Gasteiger partial charge in [0.05, 0.1) is 24.6 Å². The number of rotatable bonds is 32. The number of halogens is 3. The lowest BCUT2D eigenvalue weighted by Crippen LogP contribution is -2.59. The summed E-state index contributed by atoms with van der Waals surface area (Å²) in [4.78, 5) is 136. The quantitative estimate of drug-likeness (QED) is 0.0359. The lowest BCUT2D eigenvalue weighted by Gasteiger charge is -2.41. The van der Waals surface area contributed by atoms with Gasteiger partial charge in [0.15, 0.2) is 5.67 Å². The summed E-state index contributed by atoms with van der Waals surface area (Å²) in [6.45, 7) is 12.8. The normalized spacial score (nSPS) is 22.0. The molecule has 0 aromatic heterocycles. The molecule has 0 unspecified atom stereocenters. The smallest absolute Gasteiger partial charge is 0.407 e. The number of nitrogens with two attached hydrogens (primary N) is 1. The molecule has 5 aliphatic carbocycles. The fraction of sp³-hybridized carbons (Fsp3) is 0.652. The van der Waals surface area contributed by atoms with E-state index in [2.05, 4.69) is 52.0 Å². The van der Waals surface area contributed by atoms with E-state index in [-0.39, 0.29) is 103 Å². The van der Waals surface area contributed by atoms with Crippen LogP contribution in [0.5, 0.6) is 0 Å². The number of likely N-dealkylation sites (N-methyl/N-ethyl adjacent to an activating group) is 2. The van der Waals surface area contributed by atoms with Crippen molar-refractivity contribution in [3.8, 4) is 0 Å². The van der Waals surface area contributed by atoms with Crippen LogP contribution in [0.25, 0.3) is 0 Å². The molecular formula is C69H98F3N13O11. The first-order valence-electron chi connectivity index (χ1n) is 34.3. The summed E-state index contributed by atoms with van der Waals surface area (Å²) in [6.07, 6.45) is 9.11. The van der Waals surface area contributed by atoms with E-state index >= 15 is 8.78 Å². The van der Waals surface area contributed by atoms with Crippen LogP contribution in [0.15, 0.2) is 53.7 Å². The zero-order valence-corrected chi connectivity index (χ0v) is 56.6. The first-order chi connectivity index (χ1) is 45.8. The average molecular weight is 1340 g/mol. The minimum atomic E-state index is -2.01. The zero-order chi connectivity index (χ0) is 69.3. The summed E-state index contributed by atoms with van der Waals surface area (Å²) < 4.78 is 58.4. The van der Waals surface area contributed by atoms with Crippen LogP contribution in [0.3, 0.4) is 0 Å². The summed E-state index contributed by atoms with van der Waals surface area (Å²) in [5.74, 6) is -7.49. The Morgan fingerprint density at radius 1 is 0.656 bits per heavy atom. The van der Waals surface area contributed by atoms with Crippen molar-refractivity contribution in [2.75, 3.05) is 90.4 Å². The standard InChI is InChI=1S/C69H98F3N13O11/c1-9-74-53(23-26-73)62(88)80-59(55(43-11-12-43)44-13-14-44)63(89)76-51-22-20-48(34-50(51)71)41(5)58(66(92)85-30-27-82(7)35-39(85)3)78-54(86)37-95-31-10-32-96-68(94)75-42(6)61(87)79-57(65(91)84-29-28-83(8)38(2)36-84)40(4)47-19-21-52(49(70)33-47)77-64(90)60(81-67(93)69(72)24-25-69)56(45-15-16-45)46-17-18-46/h19-23,26,33-34,38-46,55-60H,9-18,24-25,27-32,35-37,73H2,1-8H3,(H,75,94)(H,76,89)(H,77,90)(H,78,86)(H,79,87)(H,80,88)(H,81,93)/t38-,39+,40+,41+,42+,57-,58-,59+,60+/m1/s1. The molecule has 0 radical (unpaired) electrons. The van der Waals surface area contributed by atoms with Gasteiger partial charge in [0.25, 0.3) is 11.8 Å². The molecule has 0 bridgehead atoms. The molecule has 0 spiro atoms. The topological polar surface area (TPSA) is 308 Å².